The average Bonchev–Trinajstić information content (AvgIpc) is 2.92. The molecule has 0 saturated carbocycles. The lowest BCUT2D eigenvalue weighted by Crippen LogP contribution is -2.40. The first kappa shape index (κ1) is 26.5. The molecule has 37 heavy (non-hydrogen) atoms. The summed E-state index contributed by atoms with van der Waals surface area (Å²) in [5, 5.41) is 0.402. The Morgan fingerprint density at radius 1 is 0.811 bits per heavy atom. The molecule has 0 fully saturated rings. The number of nitrogens with zero attached hydrogens (tertiary/aromatic N) is 1. The summed E-state index contributed by atoms with van der Waals surface area (Å²) < 4.78 is 33.6. The van der Waals surface area contributed by atoms with E-state index in [-0.39, 0.29) is 10.6 Å². The summed E-state index contributed by atoms with van der Waals surface area (Å²) >= 11 is 5.95. The van der Waals surface area contributed by atoms with Gasteiger partial charge in [0.15, 0.2) is 6.61 Å². The molecule has 0 N–H and O–H groups in total. The third-order valence-electron chi connectivity index (χ3n) is 5.89. The van der Waals surface area contributed by atoms with Crippen LogP contribution in [0.15, 0.2) is 108 Å². The molecule has 0 bridgehead atoms. The first-order chi connectivity index (χ1) is 17.9. The Bertz CT molecular complexity index is 1420. The maximum Gasteiger partial charge on any atom is 0.278 e. The monoisotopic (exact) mass is 533 g/mol. The summed E-state index contributed by atoms with van der Waals surface area (Å²) in [6.45, 7) is 1.66. The molecule has 0 radical (unpaired) electrons. The van der Waals surface area contributed by atoms with Crippen LogP contribution >= 0.6 is 11.6 Å². The van der Waals surface area contributed by atoms with Crippen molar-refractivity contribution < 1.29 is 17.9 Å². The van der Waals surface area contributed by atoms with Crippen molar-refractivity contribution in [2.75, 3.05) is 10.9 Å². The number of hydrogen-bond donors (Lipinski definition) is 0. The number of hydrogen-bond acceptors (Lipinski definition) is 4. The van der Waals surface area contributed by atoms with E-state index >= 15 is 0 Å². The zero-order chi connectivity index (χ0) is 26.3. The van der Waals surface area contributed by atoms with Crippen LogP contribution in [-0.4, -0.2) is 20.9 Å². The molecule has 0 aliphatic carbocycles. The van der Waals surface area contributed by atoms with Crippen molar-refractivity contribution in [3.05, 3.63) is 114 Å². The summed E-state index contributed by atoms with van der Waals surface area (Å²) in [6, 6.07) is 30.0. The van der Waals surface area contributed by atoms with Gasteiger partial charge in [-0.05, 0) is 78.1 Å². The van der Waals surface area contributed by atoms with Crippen LogP contribution in [0.3, 0.4) is 0 Å². The van der Waals surface area contributed by atoms with Crippen molar-refractivity contribution in [3.8, 4) is 16.9 Å². The van der Waals surface area contributed by atoms with Gasteiger partial charge >= 0.3 is 0 Å². The van der Waals surface area contributed by atoms with Gasteiger partial charge in [0.05, 0.1) is 10.6 Å². The number of sulfonamides is 1. The number of anilines is 1. The van der Waals surface area contributed by atoms with Gasteiger partial charge in [-0.1, -0.05) is 79.5 Å². The topological polar surface area (TPSA) is 63.7 Å². The maximum absolute atomic E-state index is 13.6. The number of ether oxygens (including phenoxy) is 1. The Morgan fingerprint density at radius 2 is 1.43 bits per heavy atom. The number of rotatable bonds is 10. The fourth-order valence-corrected chi connectivity index (χ4v) is 5.42. The van der Waals surface area contributed by atoms with E-state index in [0.717, 1.165) is 40.3 Å². The van der Waals surface area contributed by atoms with Crippen molar-refractivity contribution in [1.29, 1.82) is 0 Å². The molecule has 0 unspecified atom stereocenters. The molecule has 7 heteroatoms. The molecule has 4 aromatic rings. The van der Waals surface area contributed by atoms with E-state index in [9.17, 15) is 13.2 Å². The Balaban J connectivity index is 1.57. The summed E-state index contributed by atoms with van der Waals surface area (Å²) in [5.41, 5.74) is 3.40. The molecular weight excluding hydrogens is 506 g/mol. The summed E-state index contributed by atoms with van der Waals surface area (Å²) in [7, 11) is -4.20. The van der Waals surface area contributed by atoms with Crippen LogP contribution in [0.1, 0.15) is 25.3 Å². The zero-order valence-corrected chi connectivity index (χ0v) is 22.1. The van der Waals surface area contributed by atoms with Crippen LogP contribution < -0.4 is 9.04 Å². The van der Waals surface area contributed by atoms with Gasteiger partial charge in [-0.3, -0.25) is 4.79 Å². The first-order valence-electron chi connectivity index (χ1n) is 12.1. The summed E-state index contributed by atoms with van der Waals surface area (Å²) in [5.74, 6) is -0.241. The fraction of sp³-hybridized carbons (Fsp3) is 0.167. The predicted molar refractivity (Wildman–Crippen MR) is 149 cm³/mol. The van der Waals surface area contributed by atoms with Crippen LogP contribution in [0.5, 0.6) is 5.75 Å². The minimum Gasteiger partial charge on any atom is -0.484 e. The lowest BCUT2D eigenvalue weighted by atomic mass is 10.1. The van der Waals surface area contributed by atoms with E-state index in [0.29, 0.717) is 10.8 Å². The van der Waals surface area contributed by atoms with E-state index in [4.69, 9.17) is 16.3 Å². The predicted octanol–water partition coefficient (Wildman–Crippen LogP) is 7.15. The maximum atomic E-state index is 13.6. The van der Waals surface area contributed by atoms with Crippen LogP contribution in [0.4, 0.5) is 5.69 Å². The van der Waals surface area contributed by atoms with Crippen molar-refractivity contribution in [1.82, 2.24) is 0 Å². The molecule has 0 aliphatic rings. The standard InChI is InChI=1S/C30H28ClNO4S/c1-2-3-7-23-10-16-27(17-11-23)32(37(34,35)29-20-14-26(31)15-21-29)30(33)22-36-28-18-12-25(13-19-28)24-8-5-4-6-9-24/h4-6,8-21H,2-3,7,22H2,1H3. The van der Waals surface area contributed by atoms with E-state index < -0.39 is 22.5 Å². The Hall–Kier alpha value is -3.61. The Labute approximate surface area is 223 Å². The number of carbonyl (C=O) groups excluding carboxylic acids is 1. The molecule has 5 nitrogen and oxygen atoms in total. The Morgan fingerprint density at radius 3 is 2.05 bits per heavy atom. The average molecular weight is 534 g/mol. The molecular formula is C30H28ClNO4S. The van der Waals surface area contributed by atoms with Crippen LogP contribution in [-0.2, 0) is 21.2 Å². The van der Waals surface area contributed by atoms with E-state index in [1.54, 1.807) is 24.3 Å². The smallest absolute Gasteiger partial charge is 0.278 e. The molecule has 0 atom stereocenters. The zero-order valence-electron chi connectivity index (χ0n) is 20.5. The lowest BCUT2D eigenvalue weighted by molar-refractivity contribution is -0.119. The lowest BCUT2D eigenvalue weighted by Gasteiger charge is -2.23. The van der Waals surface area contributed by atoms with Gasteiger partial charge in [-0.2, -0.15) is 4.31 Å². The molecule has 0 saturated heterocycles. The minimum atomic E-state index is -4.20. The number of carbonyl (C=O) groups is 1. The van der Waals surface area contributed by atoms with E-state index in [1.807, 2.05) is 54.6 Å². The van der Waals surface area contributed by atoms with Gasteiger partial charge in [0.2, 0.25) is 0 Å². The van der Waals surface area contributed by atoms with Gasteiger partial charge in [-0.25, -0.2) is 8.42 Å². The third-order valence-corrected chi connectivity index (χ3v) is 7.91. The van der Waals surface area contributed by atoms with E-state index in [2.05, 4.69) is 6.92 Å². The second-order valence-electron chi connectivity index (χ2n) is 8.57. The van der Waals surface area contributed by atoms with Gasteiger partial charge in [0, 0.05) is 5.02 Å². The van der Waals surface area contributed by atoms with E-state index in [1.165, 1.54) is 24.3 Å². The van der Waals surface area contributed by atoms with Crippen molar-refractivity contribution >= 4 is 33.2 Å². The number of aryl methyl sites for hydroxylation is 1. The number of benzene rings is 4. The van der Waals surface area contributed by atoms with Crippen LogP contribution in [0.2, 0.25) is 5.02 Å². The molecule has 0 heterocycles. The largest absolute Gasteiger partial charge is 0.484 e. The summed E-state index contributed by atoms with van der Waals surface area (Å²) in [6.07, 6.45) is 2.97. The van der Waals surface area contributed by atoms with Gasteiger partial charge in [0.25, 0.3) is 15.9 Å². The highest BCUT2D eigenvalue weighted by Gasteiger charge is 2.31. The van der Waals surface area contributed by atoms with Crippen molar-refractivity contribution in [3.63, 3.8) is 0 Å². The van der Waals surface area contributed by atoms with Gasteiger partial charge in [0.1, 0.15) is 5.75 Å². The number of unbranched alkanes of at least 4 members (excludes halogenated alkanes) is 1. The van der Waals surface area contributed by atoms with Gasteiger partial charge in [-0.15, -0.1) is 0 Å². The molecule has 4 rings (SSSR count). The molecule has 1 amide bonds. The molecule has 0 aromatic heterocycles. The van der Waals surface area contributed by atoms with Crippen molar-refractivity contribution in [2.24, 2.45) is 0 Å². The normalized spacial score (nSPS) is 11.2. The number of halogens is 1. The Kier molecular flexibility index (Phi) is 8.64. The molecule has 0 aliphatic heterocycles. The van der Waals surface area contributed by atoms with Crippen molar-refractivity contribution in [2.45, 2.75) is 31.1 Å². The fourth-order valence-electron chi connectivity index (χ4n) is 3.89. The minimum absolute atomic E-state index is 0.0347. The highest BCUT2D eigenvalue weighted by Crippen LogP contribution is 2.27. The number of amides is 1. The highest BCUT2D eigenvalue weighted by molar-refractivity contribution is 7.93. The van der Waals surface area contributed by atoms with Crippen LogP contribution in [0, 0.1) is 0 Å². The quantitative estimate of drug-likeness (QED) is 0.217. The summed E-state index contributed by atoms with van der Waals surface area (Å²) in [4.78, 5) is 13.3. The second kappa shape index (κ2) is 12.1. The molecule has 4 aromatic carbocycles. The second-order valence-corrected chi connectivity index (χ2v) is 10.8. The SMILES string of the molecule is CCCCc1ccc(N(C(=O)COc2ccc(-c3ccccc3)cc2)S(=O)(=O)c2ccc(Cl)cc2)cc1. The highest BCUT2D eigenvalue weighted by atomic mass is 35.5. The van der Waals surface area contributed by atoms with Gasteiger partial charge < -0.3 is 4.74 Å². The van der Waals surface area contributed by atoms with Crippen LogP contribution in [0.25, 0.3) is 11.1 Å². The molecule has 0 spiro atoms. The first-order valence-corrected chi connectivity index (χ1v) is 13.9. The third kappa shape index (κ3) is 6.59. The molecule has 190 valence electrons.